The van der Waals surface area contributed by atoms with Crippen molar-refractivity contribution in [2.75, 3.05) is 11.9 Å². The van der Waals surface area contributed by atoms with E-state index < -0.39 is 0 Å². The fourth-order valence-electron chi connectivity index (χ4n) is 1.88. The summed E-state index contributed by atoms with van der Waals surface area (Å²) in [6.45, 7) is 5.57. The van der Waals surface area contributed by atoms with E-state index in [1.54, 1.807) is 17.5 Å². The normalized spacial score (nSPS) is 12.3. The van der Waals surface area contributed by atoms with Crippen LogP contribution >= 0.6 is 27.3 Å². The van der Waals surface area contributed by atoms with Crippen molar-refractivity contribution in [3.05, 3.63) is 37.6 Å². The third kappa shape index (κ3) is 4.14. The first kappa shape index (κ1) is 16.2. The predicted octanol–water partition coefficient (Wildman–Crippen LogP) is 3.48. The molecular weight excluding hydrogens is 352 g/mol. The fourth-order valence-corrected chi connectivity index (χ4v) is 3.03. The lowest BCUT2D eigenvalue weighted by molar-refractivity contribution is 0.541. The first-order valence-electron chi connectivity index (χ1n) is 7.02. The molecule has 0 aliphatic rings. The van der Waals surface area contributed by atoms with Gasteiger partial charge in [-0.2, -0.15) is 5.10 Å². The number of halogens is 1. The molecule has 5 nitrogen and oxygen atoms in total. The molecule has 0 spiro atoms. The van der Waals surface area contributed by atoms with E-state index in [2.05, 4.69) is 45.2 Å². The Labute approximate surface area is 136 Å². The molecule has 114 valence electrons. The highest BCUT2D eigenvalue weighted by Gasteiger charge is 2.12. The van der Waals surface area contributed by atoms with Gasteiger partial charge in [0.15, 0.2) is 0 Å². The van der Waals surface area contributed by atoms with Crippen LogP contribution in [0.4, 0.5) is 5.69 Å². The van der Waals surface area contributed by atoms with Crippen LogP contribution in [0.1, 0.15) is 37.6 Å². The number of rotatable bonds is 7. The molecule has 0 saturated carbocycles. The van der Waals surface area contributed by atoms with Gasteiger partial charge in [0.2, 0.25) is 0 Å². The van der Waals surface area contributed by atoms with Gasteiger partial charge in [-0.15, -0.1) is 11.3 Å². The van der Waals surface area contributed by atoms with E-state index in [0.717, 1.165) is 23.5 Å². The number of unbranched alkanes of at least 4 members (excludes halogenated alkanes) is 1. The van der Waals surface area contributed by atoms with E-state index >= 15 is 0 Å². The Morgan fingerprint density at radius 1 is 1.52 bits per heavy atom. The minimum Gasteiger partial charge on any atom is -0.382 e. The minimum atomic E-state index is -0.0876. The highest BCUT2D eigenvalue weighted by Crippen LogP contribution is 2.21. The number of hydrogen-bond donors (Lipinski definition) is 1. The number of aromatic nitrogens is 3. The average Bonchev–Trinajstić information content (AvgIpc) is 3.02. The maximum Gasteiger partial charge on any atom is 0.283 e. The van der Waals surface area contributed by atoms with Crippen LogP contribution in [0.15, 0.2) is 27.0 Å². The summed E-state index contributed by atoms with van der Waals surface area (Å²) in [4.78, 5) is 16.5. The second-order valence-electron chi connectivity index (χ2n) is 4.91. The second-order valence-corrected chi connectivity index (χ2v) is 6.63. The van der Waals surface area contributed by atoms with Crippen molar-refractivity contribution in [3.8, 4) is 0 Å². The number of hydrogen-bond acceptors (Lipinski definition) is 5. The predicted molar refractivity (Wildman–Crippen MR) is 90.1 cm³/mol. The Kier molecular flexibility index (Phi) is 5.93. The van der Waals surface area contributed by atoms with Gasteiger partial charge >= 0.3 is 0 Å². The van der Waals surface area contributed by atoms with Crippen molar-refractivity contribution in [2.45, 2.75) is 39.2 Å². The summed E-state index contributed by atoms with van der Waals surface area (Å²) < 4.78 is 2.04. The van der Waals surface area contributed by atoms with Crippen LogP contribution in [0.2, 0.25) is 0 Å². The lowest BCUT2D eigenvalue weighted by Gasteiger charge is -2.13. The van der Waals surface area contributed by atoms with Crippen LogP contribution in [-0.4, -0.2) is 21.3 Å². The van der Waals surface area contributed by atoms with Gasteiger partial charge < -0.3 is 5.32 Å². The van der Waals surface area contributed by atoms with Crippen molar-refractivity contribution >= 4 is 33.0 Å². The molecule has 2 aromatic rings. The van der Waals surface area contributed by atoms with Crippen LogP contribution in [-0.2, 0) is 6.54 Å². The summed E-state index contributed by atoms with van der Waals surface area (Å²) >= 11 is 5.01. The number of aryl methyl sites for hydroxylation is 1. The summed E-state index contributed by atoms with van der Waals surface area (Å²) in [6, 6.07) is 0. The van der Waals surface area contributed by atoms with Gasteiger partial charge in [0.25, 0.3) is 5.56 Å². The van der Waals surface area contributed by atoms with Crippen molar-refractivity contribution in [1.29, 1.82) is 0 Å². The van der Waals surface area contributed by atoms with E-state index in [0.29, 0.717) is 23.5 Å². The SMILES string of the molecule is CCCCn1ncc(NCC(C)c2nccs2)c(Br)c1=O. The average molecular weight is 371 g/mol. The van der Waals surface area contributed by atoms with Crippen molar-refractivity contribution in [2.24, 2.45) is 0 Å². The van der Waals surface area contributed by atoms with Gasteiger partial charge in [-0.05, 0) is 22.4 Å². The first-order valence-corrected chi connectivity index (χ1v) is 8.69. The fraction of sp³-hybridized carbons (Fsp3) is 0.500. The molecule has 1 unspecified atom stereocenters. The van der Waals surface area contributed by atoms with E-state index in [1.165, 1.54) is 4.68 Å². The Bertz CT molecular complexity index is 626. The van der Waals surface area contributed by atoms with Gasteiger partial charge in [0, 0.05) is 30.6 Å². The van der Waals surface area contributed by atoms with Crippen LogP contribution in [0.25, 0.3) is 0 Å². The number of thiazole rings is 1. The highest BCUT2D eigenvalue weighted by atomic mass is 79.9. The molecule has 0 saturated heterocycles. The Morgan fingerprint density at radius 2 is 2.33 bits per heavy atom. The zero-order valence-corrected chi connectivity index (χ0v) is 14.6. The molecule has 2 rings (SSSR count). The maximum absolute atomic E-state index is 12.2. The number of nitrogens with one attached hydrogen (secondary N) is 1. The molecule has 0 aromatic carbocycles. The third-order valence-corrected chi connectivity index (χ3v) is 4.95. The summed E-state index contributed by atoms with van der Waals surface area (Å²) in [5, 5.41) is 10.5. The lowest BCUT2D eigenvalue weighted by atomic mass is 10.2. The summed E-state index contributed by atoms with van der Waals surface area (Å²) in [5.41, 5.74) is 0.645. The standard InChI is InChI=1S/C14H19BrN4OS/c1-3-4-6-19-14(20)12(15)11(9-18-19)17-8-10(2)13-16-5-7-21-13/h5,7,9-10,17H,3-4,6,8H2,1-2H3. The van der Waals surface area contributed by atoms with Gasteiger partial charge in [-0.1, -0.05) is 20.3 Å². The molecule has 0 aliphatic carbocycles. The molecule has 1 atom stereocenters. The summed E-state index contributed by atoms with van der Waals surface area (Å²) in [6.07, 6.45) is 5.50. The minimum absolute atomic E-state index is 0.0876. The molecular formula is C14H19BrN4OS. The van der Waals surface area contributed by atoms with Crippen LogP contribution in [0, 0.1) is 0 Å². The smallest absolute Gasteiger partial charge is 0.283 e. The summed E-state index contributed by atoms with van der Waals surface area (Å²) in [7, 11) is 0. The first-order chi connectivity index (χ1) is 10.1. The molecule has 0 amide bonds. The van der Waals surface area contributed by atoms with E-state index in [-0.39, 0.29) is 5.56 Å². The van der Waals surface area contributed by atoms with Crippen LogP contribution < -0.4 is 10.9 Å². The van der Waals surface area contributed by atoms with Crippen molar-refractivity contribution in [3.63, 3.8) is 0 Å². The summed E-state index contributed by atoms with van der Waals surface area (Å²) in [5.74, 6) is 0.291. The third-order valence-electron chi connectivity index (χ3n) is 3.18. The molecule has 1 N–H and O–H groups in total. The Balaban J connectivity index is 2.04. The number of anilines is 1. The molecule has 21 heavy (non-hydrogen) atoms. The molecule has 0 aliphatic heterocycles. The van der Waals surface area contributed by atoms with E-state index in [9.17, 15) is 4.79 Å². The molecule has 2 heterocycles. The van der Waals surface area contributed by atoms with Crippen molar-refractivity contribution < 1.29 is 0 Å². The quantitative estimate of drug-likeness (QED) is 0.810. The second kappa shape index (κ2) is 7.70. The lowest BCUT2D eigenvalue weighted by Crippen LogP contribution is -2.25. The van der Waals surface area contributed by atoms with Crippen LogP contribution in [0.5, 0.6) is 0 Å². The zero-order valence-electron chi connectivity index (χ0n) is 12.2. The van der Waals surface area contributed by atoms with Gasteiger partial charge in [0.05, 0.1) is 16.9 Å². The topological polar surface area (TPSA) is 59.8 Å². The molecule has 0 radical (unpaired) electrons. The molecule has 7 heteroatoms. The number of nitrogens with zero attached hydrogens (tertiary/aromatic N) is 3. The molecule has 0 fully saturated rings. The Hall–Kier alpha value is -1.21. The van der Waals surface area contributed by atoms with Crippen LogP contribution in [0.3, 0.4) is 0 Å². The maximum atomic E-state index is 12.2. The molecule has 0 bridgehead atoms. The monoisotopic (exact) mass is 370 g/mol. The van der Waals surface area contributed by atoms with Gasteiger partial charge in [0.1, 0.15) is 4.47 Å². The largest absolute Gasteiger partial charge is 0.382 e. The Morgan fingerprint density at radius 3 is 3.00 bits per heavy atom. The van der Waals surface area contributed by atoms with Gasteiger partial charge in [-0.3, -0.25) is 4.79 Å². The van der Waals surface area contributed by atoms with Crippen molar-refractivity contribution in [1.82, 2.24) is 14.8 Å². The molecule has 2 aromatic heterocycles. The van der Waals surface area contributed by atoms with E-state index in [1.807, 2.05) is 11.6 Å². The zero-order chi connectivity index (χ0) is 15.2. The van der Waals surface area contributed by atoms with E-state index in [4.69, 9.17) is 0 Å². The van der Waals surface area contributed by atoms with Gasteiger partial charge in [-0.25, -0.2) is 9.67 Å². The highest BCUT2D eigenvalue weighted by molar-refractivity contribution is 9.10.